The zero-order valence-corrected chi connectivity index (χ0v) is 17.3. The van der Waals surface area contributed by atoms with Crippen molar-refractivity contribution in [2.75, 3.05) is 26.7 Å². The number of methoxy groups -OCH3 is 1. The maximum atomic E-state index is 13.4. The number of nitrogens with zero attached hydrogens (tertiary/aromatic N) is 2. The molecule has 29 heavy (non-hydrogen) atoms. The third-order valence-electron chi connectivity index (χ3n) is 5.54. The fourth-order valence-corrected chi connectivity index (χ4v) is 5.58. The average molecular weight is 416 g/mol. The number of fused-ring (bicyclic) bond motifs is 1. The first-order chi connectivity index (χ1) is 13.8. The van der Waals surface area contributed by atoms with Crippen molar-refractivity contribution in [2.45, 2.75) is 30.4 Å². The molecule has 0 radical (unpaired) electrons. The van der Waals surface area contributed by atoms with Gasteiger partial charge in [-0.25, -0.2) is 8.42 Å². The summed E-state index contributed by atoms with van der Waals surface area (Å²) in [6.07, 6.45) is 0.579. The van der Waals surface area contributed by atoms with Crippen LogP contribution in [0.3, 0.4) is 0 Å². The first kappa shape index (κ1) is 19.7. The first-order valence-corrected chi connectivity index (χ1v) is 10.9. The van der Waals surface area contributed by atoms with Gasteiger partial charge in [0.2, 0.25) is 15.9 Å². The third kappa shape index (κ3) is 3.70. The molecule has 0 aromatic heterocycles. The number of rotatable bonds is 3. The molecule has 2 aliphatic rings. The predicted molar refractivity (Wildman–Crippen MR) is 107 cm³/mol. The molecule has 8 heteroatoms. The van der Waals surface area contributed by atoms with Gasteiger partial charge in [0.25, 0.3) is 0 Å². The standard InChI is InChI=1S/C21H24N2O5S/c1-16(24)22-12-11-21(14-22)15-23(13-17-7-9-18(27-2)10-8-17)29(25,26)20-6-4-3-5-19(20)28-21/h3-10H,11-15H2,1-2H3/t21-/m0/s1. The van der Waals surface area contributed by atoms with Crippen molar-refractivity contribution in [3.05, 3.63) is 54.1 Å². The van der Waals surface area contributed by atoms with Crippen LogP contribution >= 0.6 is 0 Å². The van der Waals surface area contributed by atoms with E-state index in [1.54, 1.807) is 36.3 Å². The summed E-state index contributed by atoms with van der Waals surface area (Å²) in [6, 6.07) is 14.0. The van der Waals surface area contributed by atoms with Gasteiger partial charge in [-0.3, -0.25) is 4.79 Å². The van der Waals surface area contributed by atoms with Gasteiger partial charge in [0.15, 0.2) is 0 Å². The molecule has 1 atom stereocenters. The number of amides is 1. The molecule has 1 fully saturated rings. The SMILES string of the molecule is COc1ccc(CN2C[C@@]3(CCN(C(C)=O)C3)Oc3ccccc3S2(=O)=O)cc1. The van der Waals surface area contributed by atoms with Gasteiger partial charge in [-0.1, -0.05) is 24.3 Å². The Morgan fingerprint density at radius 1 is 1.14 bits per heavy atom. The Balaban J connectivity index is 1.73. The number of para-hydroxylation sites is 1. The van der Waals surface area contributed by atoms with Crippen LogP contribution in [0, 0.1) is 0 Å². The van der Waals surface area contributed by atoms with Crippen LogP contribution in [0.1, 0.15) is 18.9 Å². The van der Waals surface area contributed by atoms with Gasteiger partial charge >= 0.3 is 0 Å². The minimum atomic E-state index is -3.76. The Labute approximate surface area is 170 Å². The summed E-state index contributed by atoms with van der Waals surface area (Å²) >= 11 is 0. The molecule has 7 nitrogen and oxygen atoms in total. The normalized spacial score (nSPS) is 23.3. The smallest absolute Gasteiger partial charge is 0.247 e. The molecule has 2 aromatic rings. The summed E-state index contributed by atoms with van der Waals surface area (Å²) in [7, 11) is -2.17. The van der Waals surface area contributed by atoms with Crippen LogP contribution in [0.15, 0.2) is 53.4 Å². The van der Waals surface area contributed by atoms with Gasteiger partial charge in [0.05, 0.1) is 20.2 Å². The number of ether oxygens (including phenoxy) is 2. The van der Waals surface area contributed by atoms with E-state index < -0.39 is 15.6 Å². The summed E-state index contributed by atoms with van der Waals surface area (Å²) in [5.41, 5.74) is 0.0861. The summed E-state index contributed by atoms with van der Waals surface area (Å²) in [5.74, 6) is 1.02. The molecule has 0 N–H and O–H groups in total. The van der Waals surface area contributed by atoms with Gasteiger partial charge in [0, 0.05) is 26.4 Å². The molecule has 1 amide bonds. The molecular formula is C21H24N2O5S. The molecule has 0 aliphatic carbocycles. The summed E-state index contributed by atoms with van der Waals surface area (Å²) in [6.45, 7) is 2.83. The molecule has 0 bridgehead atoms. The fourth-order valence-electron chi connectivity index (χ4n) is 3.96. The second-order valence-electron chi connectivity index (χ2n) is 7.54. The van der Waals surface area contributed by atoms with Crippen LogP contribution in [0.2, 0.25) is 0 Å². The van der Waals surface area contributed by atoms with Gasteiger partial charge in [-0.2, -0.15) is 4.31 Å². The van der Waals surface area contributed by atoms with Gasteiger partial charge in [0.1, 0.15) is 22.0 Å². The van der Waals surface area contributed by atoms with Crippen molar-refractivity contribution in [1.29, 1.82) is 0 Å². The number of carbonyl (C=O) groups excluding carboxylic acids is 1. The largest absolute Gasteiger partial charge is 0.497 e. The zero-order chi connectivity index (χ0) is 20.6. The van der Waals surface area contributed by atoms with E-state index in [9.17, 15) is 13.2 Å². The number of carbonyl (C=O) groups is 1. The van der Waals surface area contributed by atoms with Crippen molar-refractivity contribution in [3.8, 4) is 11.5 Å². The lowest BCUT2D eigenvalue weighted by atomic mass is 10.0. The van der Waals surface area contributed by atoms with E-state index in [4.69, 9.17) is 9.47 Å². The Bertz CT molecular complexity index is 1020. The predicted octanol–water partition coefficient (Wildman–Crippen LogP) is 2.27. The van der Waals surface area contributed by atoms with E-state index in [2.05, 4.69) is 0 Å². The van der Waals surface area contributed by atoms with Crippen molar-refractivity contribution in [1.82, 2.24) is 9.21 Å². The molecule has 2 aromatic carbocycles. The highest BCUT2D eigenvalue weighted by Gasteiger charge is 2.48. The van der Waals surface area contributed by atoms with E-state index >= 15 is 0 Å². The van der Waals surface area contributed by atoms with Crippen molar-refractivity contribution in [3.63, 3.8) is 0 Å². The number of sulfonamides is 1. The van der Waals surface area contributed by atoms with Gasteiger partial charge in [-0.05, 0) is 29.8 Å². The number of benzene rings is 2. The summed E-state index contributed by atoms with van der Waals surface area (Å²) < 4.78 is 39.8. The monoisotopic (exact) mass is 416 g/mol. The molecular weight excluding hydrogens is 392 g/mol. The lowest BCUT2D eigenvalue weighted by Crippen LogP contribution is -2.49. The van der Waals surface area contributed by atoms with Gasteiger partial charge < -0.3 is 14.4 Å². The fraction of sp³-hybridized carbons (Fsp3) is 0.381. The molecule has 0 unspecified atom stereocenters. The Morgan fingerprint density at radius 3 is 2.52 bits per heavy atom. The first-order valence-electron chi connectivity index (χ1n) is 9.50. The highest BCUT2D eigenvalue weighted by Crippen LogP contribution is 2.39. The van der Waals surface area contributed by atoms with Crippen LogP contribution in [0.4, 0.5) is 0 Å². The van der Waals surface area contributed by atoms with E-state index in [-0.39, 0.29) is 23.9 Å². The summed E-state index contributed by atoms with van der Waals surface area (Å²) in [4.78, 5) is 13.8. The van der Waals surface area contributed by atoms with Crippen molar-refractivity contribution in [2.24, 2.45) is 0 Å². The lowest BCUT2D eigenvalue weighted by Gasteiger charge is -2.31. The number of hydrogen-bond donors (Lipinski definition) is 0. The maximum absolute atomic E-state index is 13.4. The molecule has 0 saturated carbocycles. The average Bonchev–Trinajstić information content (AvgIpc) is 3.09. The van der Waals surface area contributed by atoms with Crippen LogP contribution in [0.5, 0.6) is 11.5 Å². The molecule has 2 aliphatic heterocycles. The van der Waals surface area contributed by atoms with E-state index in [1.807, 2.05) is 24.3 Å². The molecule has 4 rings (SSSR count). The summed E-state index contributed by atoms with van der Waals surface area (Å²) in [5, 5.41) is 0. The molecule has 1 spiro atoms. The van der Waals surface area contributed by atoms with Crippen LogP contribution in [-0.4, -0.2) is 55.9 Å². The highest BCUT2D eigenvalue weighted by molar-refractivity contribution is 7.89. The van der Waals surface area contributed by atoms with Crippen molar-refractivity contribution >= 4 is 15.9 Å². The van der Waals surface area contributed by atoms with E-state index in [0.717, 1.165) is 5.56 Å². The lowest BCUT2D eigenvalue weighted by molar-refractivity contribution is -0.128. The van der Waals surface area contributed by atoms with E-state index in [0.29, 0.717) is 31.0 Å². The van der Waals surface area contributed by atoms with E-state index in [1.165, 1.54) is 11.2 Å². The van der Waals surface area contributed by atoms with Crippen LogP contribution in [-0.2, 0) is 21.4 Å². The van der Waals surface area contributed by atoms with Crippen LogP contribution in [0.25, 0.3) is 0 Å². The Hall–Kier alpha value is -2.58. The Morgan fingerprint density at radius 2 is 1.86 bits per heavy atom. The molecule has 2 heterocycles. The second kappa shape index (κ2) is 7.35. The highest BCUT2D eigenvalue weighted by atomic mass is 32.2. The third-order valence-corrected chi connectivity index (χ3v) is 7.37. The van der Waals surface area contributed by atoms with Crippen LogP contribution < -0.4 is 9.47 Å². The molecule has 1 saturated heterocycles. The quantitative estimate of drug-likeness (QED) is 0.767. The number of likely N-dealkylation sites (tertiary alicyclic amines) is 1. The minimum Gasteiger partial charge on any atom is -0.497 e. The number of hydrogen-bond acceptors (Lipinski definition) is 5. The van der Waals surface area contributed by atoms with Gasteiger partial charge in [-0.15, -0.1) is 0 Å². The Kier molecular flexibility index (Phi) is 5.00. The topological polar surface area (TPSA) is 76.2 Å². The second-order valence-corrected chi connectivity index (χ2v) is 9.45. The minimum absolute atomic E-state index is 0.0347. The van der Waals surface area contributed by atoms with Crippen molar-refractivity contribution < 1.29 is 22.7 Å². The molecule has 154 valence electrons. The zero-order valence-electron chi connectivity index (χ0n) is 16.5. The maximum Gasteiger partial charge on any atom is 0.247 e.